The zero-order valence-corrected chi connectivity index (χ0v) is 28.4. The molecule has 1 saturated heterocycles. The topological polar surface area (TPSA) is 133 Å². The number of pyridine rings is 3. The summed E-state index contributed by atoms with van der Waals surface area (Å²) >= 11 is 1.45. The standard InChI is InChI=1S/C34H37FN6O4S2/c1-18(2)25-17-47(42,43)32-29(27-14-22-7-10-37-33(31(22)46-27)38-19(3)23-13-24(35)16-36-15-23)28(34-41-40-20(4)45-34)26(39-30(25)32)6-5-21-8-11-44-12-9-21/h7,10,13-16,18-19,21,25H,5-6,8-9,11-12,17H2,1-4H3,(H,37,38). The lowest BCUT2D eigenvalue weighted by Gasteiger charge is -2.23. The Morgan fingerprint density at radius 1 is 1.11 bits per heavy atom. The van der Waals surface area contributed by atoms with Gasteiger partial charge in [0.15, 0.2) is 9.84 Å². The molecule has 2 aliphatic heterocycles. The van der Waals surface area contributed by atoms with Crippen LogP contribution in [-0.4, -0.2) is 52.5 Å². The van der Waals surface area contributed by atoms with E-state index >= 15 is 0 Å². The summed E-state index contributed by atoms with van der Waals surface area (Å²) in [6, 6.07) is 5.07. The van der Waals surface area contributed by atoms with Gasteiger partial charge in [-0.2, -0.15) is 0 Å². The molecule has 1 N–H and O–H groups in total. The number of aryl methyl sites for hydroxylation is 2. The lowest BCUT2D eigenvalue weighted by Crippen LogP contribution is -2.17. The van der Waals surface area contributed by atoms with Crippen molar-refractivity contribution in [3.63, 3.8) is 0 Å². The van der Waals surface area contributed by atoms with Crippen molar-refractivity contribution < 1.29 is 22.0 Å². The summed E-state index contributed by atoms with van der Waals surface area (Å²) in [6.07, 6.45) is 8.01. The first-order valence-electron chi connectivity index (χ1n) is 16.0. The Labute approximate surface area is 277 Å². The number of hydrogen-bond donors (Lipinski definition) is 1. The second kappa shape index (κ2) is 12.7. The summed E-state index contributed by atoms with van der Waals surface area (Å²) in [6.45, 7) is 9.23. The van der Waals surface area contributed by atoms with Crippen LogP contribution in [0.2, 0.25) is 0 Å². The van der Waals surface area contributed by atoms with Crippen molar-refractivity contribution in [3.05, 3.63) is 65.4 Å². The molecule has 5 aromatic heterocycles. The number of sulfone groups is 1. The number of fused-ring (bicyclic) bond motifs is 2. The van der Waals surface area contributed by atoms with Crippen molar-refractivity contribution in [2.75, 3.05) is 24.3 Å². The lowest BCUT2D eigenvalue weighted by atomic mass is 9.89. The van der Waals surface area contributed by atoms with Crippen LogP contribution in [0.5, 0.6) is 0 Å². The maximum atomic E-state index is 14.1. The van der Waals surface area contributed by atoms with Gasteiger partial charge in [-0.15, -0.1) is 21.5 Å². The molecule has 0 spiro atoms. The summed E-state index contributed by atoms with van der Waals surface area (Å²) in [5.41, 5.74) is 3.23. The van der Waals surface area contributed by atoms with E-state index in [-0.39, 0.29) is 34.4 Å². The molecule has 7 heterocycles. The van der Waals surface area contributed by atoms with E-state index in [9.17, 15) is 12.8 Å². The molecular formula is C34H37FN6O4S2. The molecule has 2 unspecified atom stereocenters. The fourth-order valence-electron chi connectivity index (χ4n) is 6.68. The zero-order valence-electron chi connectivity index (χ0n) is 26.8. The molecule has 0 radical (unpaired) electrons. The normalized spacial score (nSPS) is 18.6. The third-order valence-corrected chi connectivity index (χ3v) is 12.3. The Hall–Kier alpha value is -3.81. The van der Waals surface area contributed by atoms with E-state index < -0.39 is 15.7 Å². The highest BCUT2D eigenvalue weighted by atomic mass is 32.2. The second-order valence-electron chi connectivity index (χ2n) is 12.9. The van der Waals surface area contributed by atoms with Crippen molar-refractivity contribution >= 4 is 37.1 Å². The summed E-state index contributed by atoms with van der Waals surface area (Å²) < 4.78 is 54.6. The fraction of sp³-hybridized carbons (Fsp3) is 0.441. The van der Waals surface area contributed by atoms with Gasteiger partial charge in [-0.05, 0) is 73.6 Å². The van der Waals surface area contributed by atoms with Crippen LogP contribution in [0.4, 0.5) is 10.2 Å². The predicted molar refractivity (Wildman–Crippen MR) is 179 cm³/mol. The molecule has 0 amide bonds. The van der Waals surface area contributed by atoms with Crippen molar-refractivity contribution in [1.82, 2.24) is 25.1 Å². The van der Waals surface area contributed by atoms with E-state index in [0.717, 1.165) is 53.1 Å². The van der Waals surface area contributed by atoms with Crippen molar-refractivity contribution in [2.45, 2.75) is 70.2 Å². The SMILES string of the molecule is Cc1nnc(-c2c(CCC3CCOCC3)nc3c(c2-c2cc4ccnc(NC(C)c5cncc(F)c5)c4s2)S(=O)(=O)CC3C(C)C)o1. The molecule has 47 heavy (non-hydrogen) atoms. The number of hydrogen-bond acceptors (Lipinski definition) is 11. The highest BCUT2D eigenvalue weighted by molar-refractivity contribution is 7.92. The van der Waals surface area contributed by atoms with E-state index in [1.165, 1.54) is 23.6 Å². The van der Waals surface area contributed by atoms with E-state index in [0.29, 0.717) is 46.4 Å². The Kier molecular flexibility index (Phi) is 8.56. The third kappa shape index (κ3) is 6.16. The van der Waals surface area contributed by atoms with Crippen molar-refractivity contribution in [1.29, 1.82) is 0 Å². The average molecular weight is 677 g/mol. The molecule has 0 aromatic carbocycles. The summed E-state index contributed by atoms with van der Waals surface area (Å²) in [5, 5.41) is 12.8. The minimum atomic E-state index is -3.70. The monoisotopic (exact) mass is 676 g/mol. The summed E-state index contributed by atoms with van der Waals surface area (Å²) in [4.78, 5) is 14.8. The molecule has 0 aliphatic carbocycles. The lowest BCUT2D eigenvalue weighted by molar-refractivity contribution is 0.0639. The van der Waals surface area contributed by atoms with Gasteiger partial charge in [-0.3, -0.25) is 9.97 Å². The second-order valence-corrected chi connectivity index (χ2v) is 15.9. The first-order chi connectivity index (χ1) is 22.6. The minimum absolute atomic E-state index is 0.00413. The summed E-state index contributed by atoms with van der Waals surface area (Å²) in [7, 11) is -3.70. The number of nitrogens with one attached hydrogen (secondary N) is 1. The number of aromatic nitrogens is 5. The third-order valence-electron chi connectivity index (χ3n) is 9.25. The highest BCUT2D eigenvalue weighted by Gasteiger charge is 2.43. The van der Waals surface area contributed by atoms with Gasteiger partial charge >= 0.3 is 0 Å². The quantitative estimate of drug-likeness (QED) is 0.169. The predicted octanol–water partition coefficient (Wildman–Crippen LogP) is 7.31. The average Bonchev–Trinajstić information content (AvgIpc) is 3.75. The van der Waals surface area contributed by atoms with Gasteiger partial charge in [0.1, 0.15) is 11.6 Å². The number of anilines is 1. The molecule has 2 aliphatic rings. The van der Waals surface area contributed by atoms with Crippen LogP contribution in [0.15, 0.2) is 46.1 Å². The van der Waals surface area contributed by atoms with Gasteiger partial charge in [0.2, 0.25) is 11.8 Å². The van der Waals surface area contributed by atoms with Gasteiger partial charge in [-0.25, -0.2) is 17.8 Å². The molecule has 7 rings (SSSR count). The van der Waals surface area contributed by atoms with Crippen LogP contribution in [0.1, 0.15) is 74.8 Å². The molecule has 2 atom stereocenters. The van der Waals surface area contributed by atoms with E-state index in [1.54, 1.807) is 19.3 Å². The molecule has 10 nitrogen and oxygen atoms in total. The van der Waals surface area contributed by atoms with Crippen LogP contribution < -0.4 is 5.32 Å². The molecule has 5 aromatic rings. The largest absolute Gasteiger partial charge is 0.421 e. The summed E-state index contributed by atoms with van der Waals surface area (Å²) in [5.74, 6) is 1.18. The molecule has 13 heteroatoms. The molecular weight excluding hydrogens is 640 g/mol. The van der Waals surface area contributed by atoms with Crippen LogP contribution in [0.25, 0.3) is 32.0 Å². The van der Waals surface area contributed by atoms with Crippen LogP contribution in [-0.2, 0) is 21.0 Å². The van der Waals surface area contributed by atoms with Gasteiger partial charge in [0.05, 0.1) is 44.5 Å². The van der Waals surface area contributed by atoms with Crippen molar-refractivity contribution in [3.8, 4) is 21.9 Å². The number of nitrogens with zero attached hydrogens (tertiary/aromatic N) is 5. The Balaban J connectivity index is 1.42. The molecule has 0 saturated carbocycles. The number of ether oxygens (including phenoxy) is 1. The maximum Gasteiger partial charge on any atom is 0.250 e. The molecule has 1 fully saturated rings. The van der Waals surface area contributed by atoms with E-state index in [2.05, 4.69) is 25.5 Å². The van der Waals surface area contributed by atoms with Gasteiger partial charge in [0, 0.05) is 48.9 Å². The molecule has 246 valence electrons. The van der Waals surface area contributed by atoms with E-state index in [4.69, 9.17) is 14.1 Å². The Morgan fingerprint density at radius 2 is 1.91 bits per heavy atom. The fourth-order valence-corrected chi connectivity index (χ4v) is 10.1. The number of rotatable bonds is 9. The Morgan fingerprint density at radius 3 is 2.64 bits per heavy atom. The minimum Gasteiger partial charge on any atom is -0.421 e. The smallest absolute Gasteiger partial charge is 0.250 e. The van der Waals surface area contributed by atoms with E-state index in [1.807, 2.05) is 32.9 Å². The number of halogens is 1. The highest BCUT2D eigenvalue weighted by Crippen LogP contribution is 2.51. The number of thiophene rings is 1. The zero-order chi connectivity index (χ0) is 32.9. The first-order valence-corrected chi connectivity index (χ1v) is 18.5. The maximum absolute atomic E-state index is 14.1. The van der Waals surface area contributed by atoms with Gasteiger partial charge in [-0.1, -0.05) is 13.8 Å². The van der Waals surface area contributed by atoms with Crippen molar-refractivity contribution in [2.24, 2.45) is 11.8 Å². The Bertz CT molecular complexity index is 2050. The first kappa shape index (κ1) is 31.8. The van der Waals surface area contributed by atoms with Crippen LogP contribution in [0.3, 0.4) is 0 Å². The van der Waals surface area contributed by atoms with Gasteiger partial charge < -0.3 is 14.5 Å². The van der Waals surface area contributed by atoms with Crippen LogP contribution >= 0.6 is 11.3 Å². The molecule has 0 bridgehead atoms. The van der Waals surface area contributed by atoms with Crippen LogP contribution in [0, 0.1) is 24.6 Å². The van der Waals surface area contributed by atoms with Gasteiger partial charge in [0.25, 0.3) is 0 Å².